The zero-order valence-corrected chi connectivity index (χ0v) is 24.7. The smallest absolute Gasteiger partial charge is 0.312 e. The van der Waals surface area contributed by atoms with Crippen molar-refractivity contribution in [2.75, 3.05) is 18.4 Å². The number of hydrogen-bond acceptors (Lipinski definition) is 6. The van der Waals surface area contributed by atoms with Gasteiger partial charge in [0, 0.05) is 49.9 Å². The summed E-state index contributed by atoms with van der Waals surface area (Å²) in [4.78, 5) is 75.4. The van der Waals surface area contributed by atoms with Gasteiger partial charge in [0.2, 0.25) is 23.6 Å². The minimum atomic E-state index is -0.748. The van der Waals surface area contributed by atoms with Gasteiger partial charge in [-0.25, -0.2) is 4.79 Å². The predicted octanol–water partition coefficient (Wildman–Crippen LogP) is 3.05. The molecule has 0 bridgehead atoms. The number of rotatable bonds is 17. The van der Waals surface area contributed by atoms with E-state index in [0.29, 0.717) is 44.3 Å². The Kier molecular flexibility index (Phi) is 13.5. The van der Waals surface area contributed by atoms with E-state index in [1.165, 1.54) is 4.90 Å². The van der Waals surface area contributed by atoms with Crippen molar-refractivity contribution in [2.45, 2.75) is 85.1 Å². The fourth-order valence-electron chi connectivity index (χ4n) is 4.82. The first kappa shape index (κ1) is 33.4. The van der Waals surface area contributed by atoms with Gasteiger partial charge in [0.05, 0.1) is 6.04 Å². The standard InChI is InChI=1S/C30H45N5O6/c1-19(2)27(34-25(37)10-6-5-7-16-35-26(38)17-21(4)29(35)40)24(36)18-22(9-8-15-32-30(31)41)28(39)33-23-13-11-20(3)12-14-23/h11-14,19,21-22,27H,5-10,15-18H2,1-4H3,(H,33,39)(H,34,37)(H3,31,32,41)/t21?,22-,27+/m1/s1. The number of unbranched alkanes of at least 4 members (excludes halogenated alkanes) is 2. The molecule has 11 heteroatoms. The highest BCUT2D eigenvalue weighted by Crippen LogP contribution is 2.21. The van der Waals surface area contributed by atoms with Gasteiger partial charge in [-0.05, 0) is 50.7 Å². The minimum absolute atomic E-state index is 0.0618. The molecule has 1 aliphatic rings. The molecule has 1 saturated heterocycles. The van der Waals surface area contributed by atoms with Gasteiger partial charge in [-0.2, -0.15) is 0 Å². The Morgan fingerprint density at radius 1 is 1.02 bits per heavy atom. The number of Topliss-reactive ketones (excluding diaryl/α,β-unsaturated/α-hetero) is 1. The van der Waals surface area contributed by atoms with Crippen LogP contribution in [-0.2, 0) is 24.0 Å². The maximum Gasteiger partial charge on any atom is 0.312 e. The summed E-state index contributed by atoms with van der Waals surface area (Å²) in [5.41, 5.74) is 6.80. The molecule has 0 saturated carbocycles. The highest BCUT2D eigenvalue weighted by molar-refractivity contribution is 6.03. The molecular weight excluding hydrogens is 526 g/mol. The Bertz CT molecular complexity index is 1090. The monoisotopic (exact) mass is 571 g/mol. The molecule has 11 nitrogen and oxygen atoms in total. The van der Waals surface area contributed by atoms with Crippen LogP contribution in [0, 0.1) is 24.7 Å². The third-order valence-corrected chi connectivity index (χ3v) is 7.25. The number of likely N-dealkylation sites (tertiary alicyclic amines) is 1. The van der Waals surface area contributed by atoms with E-state index in [4.69, 9.17) is 5.73 Å². The highest BCUT2D eigenvalue weighted by Gasteiger charge is 2.35. The molecule has 1 unspecified atom stereocenters. The molecule has 0 aromatic heterocycles. The Labute approximate surface area is 242 Å². The Morgan fingerprint density at radius 3 is 2.29 bits per heavy atom. The SMILES string of the molecule is Cc1ccc(NC(=O)[C@H](CCCNC(N)=O)CC(=O)[C@@H](NC(=O)CCCCCN2C(=O)CC(C)C2=O)C(C)C)cc1. The number of nitrogens with two attached hydrogens (primary N) is 1. The number of nitrogens with one attached hydrogen (secondary N) is 3. The number of aryl methyl sites for hydroxylation is 1. The van der Waals surface area contributed by atoms with E-state index in [0.717, 1.165) is 5.56 Å². The number of nitrogens with zero attached hydrogens (tertiary/aromatic N) is 1. The molecule has 2 rings (SSSR count). The highest BCUT2D eigenvalue weighted by atomic mass is 16.2. The molecule has 226 valence electrons. The quantitative estimate of drug-likeness (QED) is 0.166. The van der Waals surface area contributed by atoms with Crippen molar-refractivity contribution in [3.05, 3.63) is 29.8 Å². The van der Waals surface area contributed by atoms with Crippen molar-refractivity contribution in [3.63, 3.8) is 0 Å². The molecular formula is C30H45N5O6. The van der Waals surface area contributed by atoms with Crippen LogP contribution < -0.4 is 21.7 Å². The van der Waals surface area contributed by atoms with Crippen LogP contribution >= 0.6 is 0 Å². The second-order valence-electron chi connectivity index (χ2n) is 11.2. The molecule has 0 aliphatic carbocycles. The van der Waals surface area contributed by atoms with Crippen LogP contribution in [-0.4, -0.2) is 59.5 Å². The number of amides is 6. The van der Waals surface area contributed by atoms with E-state index in [2.05, 4.69) is 16.0 Å². The molecule has 1 fully saturated rings. The minimum Gasteiger partial charge on any atom is -0.352 e. The summed E-state index contributed by atoms with van der Waals surface area (Å²) >= 11 is 0. The fourth-order valence-corrected chi connectivity index (χ4v) is 4.82. The molecule has 5 N–H and O–H groups in total. The summed E-state index contributed by atoms with van der Waals surface area (Å²) < 4.78 is 0. The van der Waals surface area contributed by atoms with Crippen molar-refractivity contribution in [1.29, 1.82) is 0 Å². The normalized spacial score (nSPS) is 16.4. The van der Waals surface area contributed by atoms with Crippen molar-refractivity contribution >= 4 is 41.1 Å². The van der Waals surface area contributed by atoms with Gasteiger partial charge < -0.3 is 21.7 Å². The largest absolute Gasteiger partial charge is 0.352 e. The summed E-state index contributed by atoms with van der Waals surface area (Å²) in [6.45, 7) is 8.01. The first-order valence-electron chi connectivity index (χ1n) is 14.5. The number of imide groups is 1. The van der Waals surface area contributed by atoms with Crippen LogP contribution in [0.1, 0.15) is 77.7 Å². The summed E-state index contributed by atoms with van der Waals surface area (Å²) in [7, 11) is 0. The first-order valence-corrected chi connectivity index (χ1v) is 14.5. The van der Waals surface area contributed by atoms with Crippen LogP contribution in [0.15, 0.2) is 24.3 Å². The third kappa shape index (κ3) is 11.3. The molecule has 1 aromatic carbocycles. The number of carbonyl (C=O) groups excluding carboxylic acids is 6. The van der Waals surface area contributed by atoms with Gasteiger partial charge in [0.1, 0.15) is 0 Å². The van der Waals surface area contributed by atoms with E-state index in [1.807, 2.05) is 32.9 Å². The zero-order valence-electron chi connectivity index (χ0n) is 24.7. The fraction of sp³-hybridized carbons (Fsp3) is 0.600. The van der Waals surface area contributed by atoms with E-state index in [1.54, 1.807) is 19.1 Å². The predicted molar refractivity (Wildman–Crippen MR) is 155 cm³/mol. The van der Waals surface area contributed by atoms with E-state index < -0.39 is 18.0 Å². The number of benzene rings is 1. The number of primary amides is 1. The van der Waals surface area contributed by atoms with Crippen LogP contribution in [0.3, 0.4) is 0 Å². The number of anilines is 1. The molecule has 41 heavy (non-hydrogen) atoms. The summed E-state index contributed by atoms with van der Waals surface area (Å²) in [6, 6.07) is 5.93. The molecule has 1 heterocycles. The molecule has 6 amide bonds. The molecule has 1 aliphatic heterocycles. The average Bonchev–Trinajstić information content (AvgIpc) is 3.15. The second-order valence-corrected chi connectivity index (χ2v) is 11.2. The van der Waals surface area contributed by atoms with Gasteiger partial charge in [-0.15, -0.1) is 0 Å². The maximum atomic E-state index is 13.3. The van der Waals surface area contributed by atoms with E-state index in [9.17, 15) is 28.8 Å². The van der Waals surface area contributed by atoms with Gasteiger partial charge in [-0.3, -0.25) is 28.9 Å². The van der Waals surface area contributed by atoms with Crippen molar-refractivity contribution < 1.29 is 28.8 Å². The number of ketones is 1. The Morgan fingerprint density at radius 2 is 1.71 bits per heavy atom. The first-order chi connectivity index (χ1) is 19.4. The Balaban J connectivity index is 1.90. The van der Waals surface area contributed by atoms with Crippen LogP contribution in [0.4, 0.5) is 10.5 Å². The maximum absolute atomic E-state index is 13.3. The average molecular weight is 572 g/mol. The summed E-state index contributed by atoms with van der Waals surface area (Å²) in [5.74, 6) is -2.19. The lowest BCUT2D eigenvalue weighted by Crippen LogP contribution is -2.45. The van der Waals surface area contributed by atoms with Crippen molar-refractivity contribution in [2.24, 2.45) is 23.5 Å². The second kappa shape index (κ2) is 16.5. The Hall–Kier alpha value is -3.76. The summed E-state index contributed by atoms with van der Waals surface area (Å²) in [5, 5.41) is 8.20. The molecule has 3 atom stereocenters. The van der Waals surface area contributed by atoms with E-state index >= 15 is 0 Å². The van der Waals surface area contributed by atoms with Gasteiger partial charge in [0.15, 0.2) is 5.78 Å². The van der Waals surface area contributed by atoms with Crippen LogP contribution in [0.25, 0.3) is 0 Å². The van der Waals surface area contributed by atoms with Crippen LogP contribution in [0.5, 0.6) is 0 Å². The van der Waals surface area contributed by atoms with Crippen molar-refractivity contribution in [3.8, 4) is 0 Å². The van der Waals surface area contributed by atoms with Crippen molar-refractivity contribution in [1.82, 2.24) is 15.5 Å². The van der Waals surface area contributed by atoms with Gasteiger partial charge >= 0.3 is 6.03 Å². The van der Waals surface area contributed by atoms with Gasteiger partial charge in [0.25, 0.3) is 0 Å². The topological polar surface area (TPSA) is 168 Å². The molecule has 0 spiro atoms. The lowest BCUT2D eigenvalue weighted by molar-refractivity contribution is -0.139. The number of hydrogen-bond donors (Lipinski definition) is 4. The molecule has 0 radical (unpaired) electrons. The number of carbonyl (C=O) groups is 6. The van der Waals surface area contributed by atoms with Crippen LogP contribution in [0.2, 0.25) is 0 Å². The zero-order chi connectivity index (χ0) is 30.5. The summed E-state index contributed by atoms with van der Waals surface area (Å²) in [6.07, 6.45) is 3.05. The third-order valence-electron chi connectivity index (χ3n) is 7.25. The lowest BCUT2D eigenvalue weighted by atomic mass is 9.89. The molecule has 1 aromatic rings. The van der Waals surface area contributed by atoms with E-state index in [-0.39, 0.29) is 67.1 Å². The number of urea groups is 1. The lowest BCUT2D eigenvalue weighted by Gasteiger charge is -2.24. The van der Waals surface area contributed by atoms with Gasteiger partial charge in [-0.1, -0.05) is 44.9 Å².